The third-order valence-corrected chi connectivity index (χ3v) is 2.74. The monoisotopic (exact) mass is 286 g/mol. The van der Waals surface area contributed by atoms with E-state index in [1.54, 1.807) is 0 Å². The van der Waals surface area contributed by atoms with Crippen molar-refractivity contribution in [1.82, 2.24) is 15.0 Å². The van der Waals surface area contributed by atoms with Crippen molar-refractivity contribution < 1.29 is 4.74 Å². The molecule has 0 aliphatic carbocycles. The van der Waals surface area contributed by atoms with Crippen LogP contribution in [-0.2, 0) is 0 Å². The summed E-state index contributed by atoms with van der Waals surface area (Å²) in [5.74, 6) is 1.16. The molecule has 19 heavy (non-hydrogen) atoms. The number of rotatable bonds is 8. The standard InChI is InChI=1S/C13H23ClN4O/c1-5-8-19-13-17-11(14)16-12(18-13)15-10(4)7-6-9(2)3/h9-10H,5-8H2,1-4H3,(H,15,16,17,18). The molecule has 1 atom stereocenters. The van der Waals surface area contributed by atoms with Crippen LogP contribution < -0.4 is 10.1 Å². The van der Waals surface area contributed by atoms with E-state index in [0.29, 0.717) is 24.5 Å². The van der Waals surface area contributed by atoms with Crippen molar-refractivity contribution in [2.75, 3.05) is 11.9 Å². The maximum absolute atomic E-state index is 5.86. The minimum Gasteiger partial charge on any atom is -0.463 e. The normalized spacial score (nSPS) is 12.5. The Morgan fingerprint density at radius 3 is 2.53 bits per heavy atom. The van der Waals surface area contributed by atoms with Gasteiger partial charge in [0.05, 0.1) is 6.61 Å². The zero-order valence-corrected chi connectivity index (χ0v) is 12.9. The molecule has 5 nitrogen and oxygen atoms in total. The van der Waals surface area contributed by atoms with E-state index in [1.165, 1.54) is 0 Å². The van der Waals surface area contributed by atoms with Crippen LogP contribution in [0.5, 0.6) is 6.01 Å². The van der Waals surface area contributed by atoms with E-state index in [1.807, 2.05) is 6.92 Å². The predicted octanol–water partition coefficient (Wildman–Crippen LogP) is 3.55. The van der Waals surface area contributed by atoms with E-state index in [2.05, 4.69) is 41.0 Å². The second-order valence-corrected chi connectivity index (χ2v) is 5.41. The number of nitrogens with zero attached hydrogens (tertiary/aromatic N) is 3. The number of aromatic nitrogens is 3. The van der Waals surface area contributed by atoms with Crippen LogP contribution in [0.25, 0.3) is 0 Å². The molecule has 1 N–H and O–H groups in total. The second-order valence-electron chi connectivity index (χ2n) is 5.08. The fraction of sp³-hybridized carbons (Fsp3) is 0.769. The molecule has 1 unspecified atom stereocenters. The highest BCUT2D eigenvalue weighted by Crippen LogP contribution is 2.14. The summed E-state index contributed by atoms with van der Waals surface area (Å²) in [7, 11) is 0. The first-order valence-electron chi connectivity index (χ1n) is 6.82. The van der Waals surface area contributed by atoms with Gasteiger partial charge in [-0.15, -0.1) is 0 Å². The molecule has 1 aromatic heterocycles. The van der Waals surface area contributed by atoms with Gasteiger partial charge in [-0.1, -0.05) is 20.8 Å². The van der Waals surface area contributed by atoms with E-state index in [4.69, 9.17) is 16.3 Å². The van der Waals surface area contributed by atoms with Gasteiger partial charge in [-0.05, 0) is 43.7 Å². The van der Waals surface area contributed by atoms with Crippen molar-refractivity contribution in [2.24, 2.45) is 5.92 Å². The van der Waals surface area contributed by atoms with E-state index < -0.39 is 0 Å². The van der Waals surface area contributed by atoms with Gasteiger partial charge in [-0.2, -0.15) is 15.0 Å². The molecule has 108 valence electrons. The van der Waals surface area contributed by atoms with Crippen LogP contribution in [0.4, 0.5) is 5.95 Å². The van der Waals surface area contributed by atoms with Gasteiger partial charge in [0.25, 0.3) is 0 Å². The smallest absolute Gasteiger partial charge is 0.322 e. The molecule has 0 amide bonds. The number of anilines is 1. The zero-order chi connectivity index (χ0) is 14.3. The Labute approximate surface area is 120 Å². The molecule has 0 saturated carbocycles. The van der Waals surface area contributed by atoms with E-state index in [9.17, 15) is 0 Å². The van der Waals surface area contributed by atoms with E-state index >= 15 is 0 Å². The van der Waals surface area contributed by atoms with Crippen LogP contribution in [0.2, 0.25) is 5.28 Å². The van der Waals surface area contributed by atoms with Crippen LogP contribution in [-0.4, -0.2) is 27.6 Å². The third-order valence-electron chi connectivity index (χ3n) is 2.58. The Morgan fingerprint density at radius 2 is 1.89 bits per heavy atom. The predicted molar refractivity (Wildman–Crippen MR) is 77.8 cm³/mol. The van der Waals surface area contributed by atoms with Crippen molar-refractivity contribution in [3.63, 3.8) is 0 Å². The molecule has 0 spiro atoms. The summed E-state index contributed by atoms with van der Waals surface area (Å²) in [6.45, 7) is 9.12. The molecular formula is C13H23ClN4O. The lowest BCUT2D eigenvalue weighted by Crippen LogP contribution is -2.18. The lowest BCUT2D eigenvalue weighted by Gasteiger charge is -2.15. The van der Waals surface area contributed by atoms with Gasteiger partial charge in [0, 0.05) is 6.04 Å². The Kier molecular flexibility index (Phi) is 6.84. The average Bonchev–Trinajstić information content (AvgIpc) is 2.33. The Balaban J connectivity index is 2.59. The Bertz CT molecular complexity index is 387. The van der Waals surface area contributed by atoms with Crippen LogP contribution in [0, 0.1) is 5.92 Å². The van der Waals surface area contributed by atoms with Gasteiger partial charge < -0.3 is 10.1 Å². The van der Waals surface area contributed by atoms with Crippen molar-refractivity contribution in [3.8, 4) is 6.01 Å². The number of halogens is 1. The molecule has 0 aliphatic rings. The summed E-state index contributed by atoms with van der Waals surface area (Å²) in [4.78, 5) is 12.2. The fourth-order valence-corrected chi connectivity index (χ4v) is 1.68. The van der Waals surface area contributed by atoms with Gasteiger partial charge in [-0.3, -0.25) is 0 Å². The summed E-state index contributed by atoms with van der Waals surface area (Å²) in [5, 5.41) is 3.38. The van der Waals surface area contributed by atoms with Crippen molar-refractivity contribution >= 4 is 17.5 Å². The topological polar surface area (TPSA) is 59.9 Å². The number of hydrogen-bond donors (Lipinski definition) is 1. The molecule has 0 aliphatic heterocycles. The summed E-state index contributed by atoms with van der Waals surface area (Å²) in [5.41, 5.74) is 0. The molecule has 6 heteroatoms. The van der Waals surface area contributed by atoms with E-state index in [0.717, 1.165) is 19.3 Å². The van der Waals surface area contributed by atoms with E-state index in [-0.39, 0.29) is 11.3 Å². The number of ether oxygens (including phenoxy) is 1. The first-order valence-corrected chi connectivity index (χ1v) is 7.20. The van der Waals surface area contributed by atoms with Gasteiger partial charge >= 0.3 is 6.01 Å². The van der Waals surface area contributed by atoms with Crippen molar-refractivity contribution in [3.05, 3.63) is 5.28 Å². The minimum absolute atomic E-state index is 0.152. The number of nitrogens with one attached hydrogen (secondary N) is 1. The highest BCUT2D eigenvalue weighted by molar-refractivity contribution is 6.28. The van der Waals surface area contributed by atoms with Crippen LogP contribution in [0.1, 0.15) is 47.0 Å². The summed E-state index contributed by atoms with van der Waals surface area (Å²) < 4.78 is 5.37. The molecule has 1 heterocycles. The maximum Gasteiger partial charge on any atom is 0.322 e. The largest absolute Gasteiger partial charge is 0.463 e. The maximum atomic E-state index is 5.86. The van der Waals surface area contributed by atoms with Gasteiger partial charge in [0.15, 0.2) is 0 Å². The summed E-state index contributed by atoms with van der Waals surface area (Å²) in [6, 6.07) is 0.570. The molecule has 1 rings (SSSR count). The highest BCUT2D eigenvalue weighted by Gasteiger charge is 2.09. The Hall–Kier alpha value is -1.10. The molecule has 0 bridgehead atoms. The van der Waals surface area contributed by atoms with Gasteiger partial charge in [0.2, 0.25) is 11.2 Å². The lowest BCUT2D eigenvalue weighted by atomic mass is 10.0. The summed E-state index contributed by atoms with van der Waals surface area (Å²) >= 11 is 5.86. The first-order chi connectivity index (χ1) is 9.01. The van der Waals surface area contributed by atoms with Crippen LogP contribution in [0.15, 0.2) is 0 Å². The fourth-order valence-electron chi connectivity index (χ4n) is 1.53. The van der Waals surface area contributed by atoms with Crippen molar-refractivity contribution in [2.45, 2.75) is 53.0 Å². The second kappa shape index (κ2) is 8.15. The number of hydrogen-bond acceptors (Lipinski definition) is 5. The van der Waals surface area contributed by atoms with Crippen molar-refractivity contribution in [1.29, 1.82) is 0 Å². The molecular weight excluding hydrogens is 264 g/mol. The molecule has 1 aromatic rings. The van der Waals surface area contributed by atoms with Crippen LogP contribution in [0.3, 0.4) is 0 Å². The SMILES string of the molecule is CCCOc1nc(Cl)nc(NC(C)CCC(C)C)n1. The quantitative estimate of drug-likeness (QED) is 0.792. The molecule has 0 aromatic carbocycles. The molecule has 0 fully saturated rings. The van der Waals surface area contributed by atoms with Gasteiger partial charge in [-0.25, -0.2) is 0 Å². The highest BCUT2D eigenvalue weighted by atomic mass is 35.5. The first kappa shape index (κ1) is 16.0. The zero-order valence-electron chi connectivity index (χ0n) is 12.1. The average molecular weight is 287 g/mol. The van der Waals surface area contributed by atoms with Crippen LogP contribution >= 0.6 is 11.6 Å². The van der Waals surface area contributed by atoms with Gasteiger partial charge in [0.1, 0.15) is 0 Å². The Morgan fingerprint density at radius 1 is 1.16 bits per heavy atom. The molecule has 0 saturated heterocycles. The third kappa shape index (κ3) is 6.57. The lowest BCUT2D eigenvalue weighted by molar-refractivity contribution is 0.291. The summed E-state index contributed by atoms with van der Waals surface area (Å²) in [6.07, 6.45) is 3.12. The molecule has 0 radical (unpaired) electrons. The minimum atomic E-state index is 0.152.